The number of hydrogen-bond acceptors (Lipinski definition) is 3. The van der Waals surface area contributed by atoms with Crippen LogP contribution in [0.1, 0.15) is 24.0 Å². The topological polar surface area (TPSA) is 80.9 Å². The molecule has 0 amide bonds. The quantitative estimate of drug-likeness (QED) is 0.813. The Balaban J connectivity index is 2.41. The zero-order valence-electron chi connectivity index (χ0n) is 11.7. The Bertz CT molecular complexity index is 750. The second-order valence-electron chi connectivity index (χ2n) is 4.79. The van der Waals surface area contributed by atoms with Gasteiger partial charge >= 0.3 is 5.69 Å². The Morgan fingerprint density at radius 2 is 2.00 bits per heavy atom. The Morgan fingerprint density at radius 3 is 2.57 bits per heavy atom. The molecule has 0 aliphatic carbocycles. The molecule has 0 aliphatic heterocycles. The Hall–Kier alpha value is -2.21. The number of benzene rings is 1. The Labute approximate surface area is 127 Å². The van der Waals surface area contributed by atoms with Crippen molar-refractivity contribution in [1.29, 1.82) is 0 Å². The molecule has 0 saturated heterocycles. The molecule has 5 nitrogen and oxygen atoms in total. The van der Waals surface area contributed by atoms with Gasteiger partial charge in [-0.25, -0.2) is 4.79 Å². The van der Waals surface area contributed by atoms with Crippen LogP contribution in [0.5, 0.6) is 0 Å². The van der Waals surface area contributed by atoms with Crippen molar-refractivity contribution in [1.82, 2.24) is 9.55 Å². The maximum Gasteiger partial charge on any atom is 0.328 e. The summed E-state index contributed by atoms with van der Waals surface area (Å²) in [5.74, 6) is -0.255. The Morgan fingerprint density at radius 1 is 1.33 bits per heavy atom. The lowest BCUT2D eigenvalue weighted by Gasteiger charge is -2.17. The van der Waals surface area contributed by atoms with Gasteiger partial charge in [0.1, 0.15) is 0 Å². The first-order valence-corrected chi connectivity index (χ1v) is 7.10. The van der Waals surface area contributed by atoms with E-state index < -0.39 is 5.69 Å². The zero-order valence-corrected chi connectivity index (χ0v) is 12.5. The highest BCUT2D eigenvalue weighted by atomic mass is 32.1. The van der Waals surface area contributed by atoms with Gasteiger partial charge in [0.15, 0.2) is 0 Å². The third-order valence-corrected chi connectivity index (χ3v) is 3.67. The molecule has 1 aromatic carbocycles. The lowest BCUT2D eigenvalue weighted by molar-refractivity contribution is 0.612. The fourth-order valence-electron chi connectivity index (χ4n) is 2.18. The van der Waals surface area contributed by atoms with Crippen LogP contribution in [0.3, 0.4) is 0 Å². The molecule has 1 atom stereocenters. The number of aromatic nitrogens is 2. The zero-order chi connectivity index (χ0) is 15.4. The van der Waals surface area contributed by atoms with Crippen LogP contribution in [0.4, 0.5) is 0 Å². The number of rotatable bonds is 5. The first-order valence-electron chi connectivity index (χ1n) is 6.69. The molecule has 0 fully saturated rings. The summed E-state index contributed by atoms with van der Waals surface area (Å²) in [6, 6.07) is 9.53. The molecule has 0 radical (unpaired) electrons. The van der Waals surface area contributed by atoms with Gasteiger partial charge in [-0.3, -0.25) is 14.3 Å². The molecule has 2 aromatic rings. The van der Waals surface area contributed by atoms with Gasteiger partial charge in [-0.05, 0) is 12.0 Å². The minimum absolute atomic E-state index is 0.255. The van der Waals surface area contributed by atoms with Crippen molar-refractivity contribution in [3.8, 4) is 0 Å². The minimum atomic E-state index is -0.450. The predicted molar refractivity (Wildman–Crippen MR) is 86.7 cm³/mol. The summed E-state index contributed by atoms with van der Waals surface area (Å²) < 4.78 is 1.46. The van der Waals surface area contributed by atoms with E-state index in [9.17, 15) is 9.59 Å². The number of nitrogens with one attached hydrogen (secondary N) is 1. The smallest absolute Gasteiger partial charge is 0.328 e. The molecule has 110 valence electrons. The maximum atomic E-state index is 11.9. The summed E-state index contributed by atoms with van der Waals surface area (Å²) in [6.45, 7) is 2.17. The molecular formula is C15H17N3O2S. The molecule has 0 spiro atoms. The van der Waals surface area contributed by atoms with E-state index in [-0.39, 0.29) is 11.5 Å². The van der Waals surface area contributed by atoms with Crippen LogP contribution in [0.15, 0.2) is 46.1 Å². The van der Waals surface area contributed by atoms with Crippen molar-refractivity contribution >= 4 is 17.2 Å². The van der Waals surface area contributed by atoms with Gasteiger partial charge in [-0.2, -0.15) is 0 Å². The van der Waals surface area contributed by atoms with E-state index >= 15 is 0 Å². The van der Waals surface area contributed by atoms with Crippen LogP contribution in [-0.2, 0) is 13.0 Å². The first-order chi connectivity index (χ1) is 10.0. The van der Waals surface area contributed by atoms with Gasteiger partial charge in [0.25, 0.3) is 5.56 Å². The van der Waals surface area contributed by atoms with Gasteiger partial charge in [-0.15, -0.1) is 0 Å². The number of H-pyrrole nitrogens is 1. The normalized spacial score (nSPS) is 12.0. The van der Waals surface area contributed by atoms with Gasteiger partial charge in [0, 0.05) is 18.3 Å². The van der Waals surface area contributed by atoms with Crippen LogP contribution >= 0.6 is 12.2 Å². The van der Waals surface area contributed by atoms with Gasteiger partial charge in [-0.1, -0.05) is 49.5 Å². The van der Waals surface area contributed by atoms with Crippen LogP contribution < -0.4 is 17.0 Å². The highest BCUT2D eigenvalue weighted by molar-refractivity contribution is 7.80. The molecule has 21 heavy (non-hydrogen) atoms. The molecule has 3 N–H and O–H groups in total. The van der Waals surface area contributed by atoms with Crippen molar-refractivity contribution in [2.45, 2.75) is 25.8 Å². The molecule has 1 aromatic heterocycles. The summed E-state index contributed by atoms with van der Waals surface area (Å²) in [7, 11) is 0. The largest absolute Gasteiger partial charge is 0.393 e. The number of hydrogen-bond donors (Lipinski definition) is 2. The second kappa shape index (κ2) is 6.49. The molecule has 1 unspecified atom stereocenters. The van der Waals surface area contributed by atoms with Gasteiger partial charge < -0.3 is 5.73 Å². The summed E-state index contributed by atoms with van der Waals surface area (Å²) in [5.41, 5.74) is 6.52. The molecule has 0 saturated carbocycles. The van der Waals surface area contributed by atoms with Crippen molar-refractivity contribution in [2.24, 2.45) is 5.73 Å². The van der Waals surface area contributed by atoms with Crippen LogP contribution in [-0.4, -0.2) is 14.5 Å². The summed E-state index contributed by atoms with van der Waals surface area (Å²) in [4.78, 5) is 26.2. The number of aryl methyl sites for hydroxylation is 1. The van der Waals surface area contributed by atoms with Crippen LogP contribution in [0.2, 0.25) is 0 Å². The van der Waals surface area contributed by atoms with Crippen molar-refractivity contribution < 1.29 is 0 Å². The lowest BCUT2D eigenvalue weighted by atomic mass is 9.99. The predicted octanol–water partition coefficient (Wildman–Crippen LogP) is 1.17. The van der Waals surface area contributed by atoms with Crippen LogP contribution in [0.25, 0.3) is 0 Å². The molecule has 0 bridgehead atoms. The van der Waals surface area contributed by atoms with E-state index in [2.05, 4.69) is 4.98 Å². The average molecular weight is 303 g/mol. The SMILES string of the molecule is CCc1cn(CC(C(N)=S)c2ccccc2)c(=O)[nH]c1=O. The van der Waals surface area contributed by atoms with E-state index in [0.717, 1.165) is 5.56 Å². The third-order valence-electron chi connectivity index (χ3n) is 3.39. The van der Waals surface area contributed by atoms with E-state index in [1.807, 2.05) is 37.3 Å². The highest BCUT2D eigenvalue weighted by Gasteiger charge is 2.16. The molecule has 0 aliphatic rings. The third kappa shape index (κ3) is 3.46. The minimum Gasteiger partial charge on any atom is -0.393 e. The molecule has 1 heterocycles. The summed E-state index contributed by atoms with van der Waals surface area (Å²) in [6.07, 6.45) is 2.13. The summed E-state index contributed by atoms with van der Waals surface area (Å²) in [5, 5.41) is 0. The number of aromatic amines is 1. The van der Waals surface area contributed by atoms with E-state index in [1.54, 1.807) is 6.20 Å². The number of nitrogens with zero attached hydrogens (tertiary/aromatic N) is 1. The second-order valence-corrected chi connectivity index (χ2v) is 5.26. The van der Waals surface area contributed by atoms with Crippen molar-refractivity contribution in [3.63, 3.8) is 0 Å². The van der Waals surface area contributed by atoms with E-state index in [4.69, 9.17) is 18.0 Å². The summed E-state index contributed by atoms with van der Waals surface area (Å²) >= 11 is 5.12. The monoisotopic (exact) mass is 303 g/mol. The fraction of sp³-hybridized carbons (Fsp3) is 0.267. The highest BCUT2D eigenvalue weighted by Crippen LogP contribution is 2.17. The first kappa shape index (κ1) is 15.2. The molecule has 2 rings (SSSR count). The van der Waals surface area contributed by atoms with Crippen molar-refractivity contribution in [3.05, 3.63) is 68.5 Å². The van der Waals surface area contributed by atoms with Gasteiger partial charge in [0.2, 0.25) is 0 Å². The van der Waals surface area contributed by atoms with Crippen LogP contribution in [0, 0.1) is 0 Å². The van der Waals surface area contributed by atoms with Gasteiger partial charge in [0.05, 0.1) is 10.9 Å². The number of thiocarbonyl (C=S) groups is 1. The Kier molecular flexibility index (Phi) is 4.70. The van der Waals surface area contributed by atoms with Crippen molar-refractivity contribution in [2.75, 3.05) is 0 Å². The van der Waals surface area contributed by atoms with E-state index in [1.165, 1.54) is 4.57 Å². The number of nitrogens with two attached hydrogens (primary N) is 1. The average Bonchev–Trinajstić information content (AvgIpc) is 2.47. The van der Waals surface area contributed by atoms with E-state index in [0.29, 0.717) is 23.5 Å². The maximum absolute atomic E-state index is 11.9. The standard InChI is InChI=1S/C15H17N3O2S/c1-2-10-8-18(15(20)17-14(10)19)9-12(13(16)21)11-6-4-3-5-7-11/h3-8,12H,2,9H2,1H3,(H2,16,21)(H,17,19,20). The fourth-order valence-corrected chi connectivity index (χ4v) is 2.39. The molecule has 6 heteroatoms. The molecular weight excluding hydrogens is 286 g/mol. The lowest BCUT2D eigenvalue weighted by Crippen LogP contribution is -2.35.